The molecule has 1 unspecified atom stereocenters. The number of hydrogen-bond donors (Lipinski definition) is 2. The van der Waals surface area contributed by atoms with E-state index in [1.165, 1.54) is 24.3 Å². The number of rotatable bonds is 5. The number of carbonyl (C=O) groups excluding carboxylic acids is 1. The first-order valence-corrected chi connectivity index (χ1v) is 11.4. The van der Waals surface area contributed by atoms with E-state index >= 15 is 0 Å². The van der Waals surface area contributed by atoms with Crippen LogP contribution in [0, 0.1) is 23.3 Å². The van der Waals surface area contributed by atoms with E-state index in [-0.39, 0.29) is 10.6 Å². The summed E-state index contributed by atoms with van der Waals surface area (Å²) in [5.74, 6) is -5.07. The van der Waals surface area contributed by atoms with Crippen molar-refractivity contribution >= 4 is 32.9 Å². The van der Waals surface area contributed by atoms with Gasteiger partial charge in [-0.2, -0.15) is 13.2 Å². The molecule has 1 amide bonds. The van der Waals surface area contributed by atoms with E-state index < -0.39 is 66.9 Å². The molecule has 34 heavy (non-hydrogen) atoms. The third kappa shape index (κ3) is 5.42. The summed E-state index contributed by atoms with van der Waals surface area (Å²) in [6.07, 6.45) is -3.82. The molecule has 0 bridgehead atoms. The van der Waals surface area contributed by atoms with Crippen molar-refractivity contribution < 1.29 is 35.7 Å². The molecule has 0 saturated heterocycles. The van der Waals surface area contributed by atoms with Gasteiger partial charge in [0.05, 0.1) is 14.8 Å². The molecule has 1 atom stereocenters. The van der Waals surface area contributed by atoms with Crippen LogP contribution in [0.25, 0.3) is 0 Å². The van der Waals surface area contributed by atoms with Crippen LogP contribution in [0.1, 0.15) is 21.6 Å². The molecular formula is C20H14ClF5N4O3S. The fourth-order valence-corrected chi connectivity index (χ4v) is 3.68. The van der Waals surface area contributed by atoms with Gasteiger partial charge >= 0.3 is 6.18 Å². The van der Waals surface area contributed by atoms with Gasteiger partial charge in [0.25, 0.3) is 11.8 Å². The van der Waals surface area contributed by atoms with Crippen LogP contribution in [0.5, 0.6) is 11.6 Å². The predicted molar refractivity (Wildman–Crippen MR) is 113 cm³/mol. The van der Waals surface area contributed by atoms with Crippen LogP contribution in [-0.4, -0.2) is 26.6 Å². The standard InChI is InChI=1S/C20H14ClF5N4O3S/c1-9-16(18(31)28-10-4-3-5-11(6-10)34(2,27)32)19(30-29-17(9)20(24,25)26)33-15-8-14(23)13(22)7-12(15)21/h3-8,27H,1-2H3,(H,28,31). The molecule has 3 rings (SSSR count). The van der Waals surface area contributed by atoms with Gasteiger partial charge in [0.2, 0.25) is 0 Å². The molecule has 14 heteroatoms. The normalized spacial score (nSPS) is 13.3. The second-order valence-corrected chi connectivity index (χ2v) is 9.54. The van der Waals surface area contributed by atoms with Gasteiger partial charge in [0.15, 0.2) is 23.1 Å². The van der Waals surface area contributed by atoms with Crippen LogP contribution in [0.15, 0.2) is 41.3 Å². The highest BCUT2D eigenvalue weighted by Crippen LogP contribution is 2.37. The minimum atomic E-state index is -4.97. The predicted octanol–water partition coefficient (Wildman–Crippen LogP) is 5.82. The highest BCUT2D eigenvalue weighted by atomic mass is 35.5. The number of ether oxygens (including phenoxy) is 1. The first-order chi connectivity index (χ1) is 15.7. The highest BCUT2D eigenvalue weighted by molar-refractivity contribution is 7.91. The van der Waals surface area contributed by atoms with E-state index in [0.29, 0.717) is 12.1 Å². The number of halogens is 6. The summed E-state index contributed by atoms with van der Waals surface area (Å²) in [5.41, 5.74) is -2.83. The lowest BCUT2D eigenvalue weighted by Crippen LogP contribution is -2.21. The SMILES string of the molecule is Cc1c(C(F)(F)F)nnc(Oc2cc(F)c(F)cc2Cl)c1C(=O)Nc1cccc(S(C)(=N)=O)c1. The summed E-state index contributed by atoms with van der Waals surface area (Å²) in [7, 11) is -3.15. The number of benzene rings is 2. The Kier molecular flexibility index (Phi) is 6.80. The molecule has 0 radical (unpaired) electrons. The largest absolute Gasteiger partial charge is 0.435 e. The average Bonchev–Trinajstić information content (AvgIpc) is 2.70. The Morgan fingerprint density at radius 3 is 2.41 bits per heavy atom. The summed E-state index contributed by atoms with van der Waals surface area (Å²) in [6.45, 7) is 0.950. The van der Waals surface area contributed by atoms with E-state index in [1.54, 1.807) is 0 Å². The maximum absolute atomic E-state index is 13.6. The minimum absolute atomic E-state index is 0.0194. The smallest absolute Gasteiger partial charge is 0.435 e. The molecule has 0 aliphatic carbocycles. The number of anilines is 1. The van der Waals surface area contributed by atoms with E-state index in [2.05, 4.69) is 15.5 Å². The fraction of sp³-hybridized carbons (Fsp3) is 0.150. The molecule has 1 heterocycles. The van der Waals surface area contributed by atoms with Gasteiger partial charge in [0, 0.05) is 22.9 Å². The summed E-state index contributed by atoms with van der Waals surface area (Å²) >= 11 is 5.81. The first kappa shape index (κ1) is 25.3. The van der Waals surface area contributed by atoms with E-state index in [9.17, 15) is 31.0 Å². The van der Waals surface area contributed by atoms with Crippen LogP contribution in [0.2, 0.25) is 5.02 Å². The highest BCUT2D eigenvalue weighted by Gasteiger charge is 2.38. The molecule has 0 fully saturated rings. The summed E-state index contributed by atoms with van der Waals surface area (Å²) < 4.78 is 92.0. The molecule has 0 aliphatic rings. The third-order valence-corrected chi connectivity index (χ3v) is 5.85. The number of hydrogen-bond acceptors (Lipinski definition) is 6. The summed E-state index contributed by atoms with van der Waals surface area (Å²) in [4.78, 5) is 13.0. The van der Waals surface area contributed by atoms with Gasteiger partial charge in [-0.1, -0.05) is 17.7 Å². The van der Waals surface area contributed by atoms with Gasteiger partial charge in [0.1, 0.15) is 5.56 Å². The fourth-order valence-electron chi connectivity index (χ4n) is 2.80. The van der Waals surface area contributed by atoms with Crippen LogP contribution in [0.3, 0.4) is 0 Å². The number of alkyl halides is 3. The Morgan fingerprint density at radius 1 is 1.15 bits per heavy atom. The molecular weight excluding hydrogens is 507 g/mol. The molecule has 180 valence electrons. The molecule has 0 aliphatic heterocycles. The van der Waals surface area contributed by atoms with Gasteiger partial charge < -0.3 is 10.1 Å². The lowest BCUT2D eigenvalue weighted by molar-refractivity contribution is -0.142. The lowest BCUT2D eigenvalue weighted by Gasteiger charge is -2.16. The van der Waals surface area contributed by atoms with Gasteiger partial charge in [-0.15, -0.1) is 10.2 Å². The van der Waals surface area contributed by atoms with Gasteiger partial charge in [-0.3, -0.25) is 4.79 Å². The van der Waals surface area contributed by atoms with Crippen LogP contribution >= 0.6 is 11.6 Å². The van der Waals surface area contributed by atoms with Crippen molar-refractivity contribution in [3.05, 3.63) is 69.9 Å². The Balaban J connectivity index is 2.10. The summed E-state index contributed by atoms with van der Waals surface area (Å²) in [5, 5.41) is 8.25. The zero-order chi connectivity index (χ0) is 25.4. The molecule has 3 aromatic rings. The van der Waals surface area contributed by atoms with Crippen molar-refractivity contribution in [3.63, 3.8) is 0 Å². The first-order valence-electron chi connectivity index (χ1n) is 9.10. The van der Waals surface area contributed by atoms with Crippen molar-refractivity contribution in [2.45, 2.75) is 18.0 Å². The maximum atomic E-state index is 13.6. The zero-order valence-electron chi connectivity index (χ0n) is 17.3. The van der Waals surface area contributed by atoms with E-state index in [0.717, 1.165) is 13.2 Å². The quantitative estimate of drug-likeness (QED) is 0.326. The van der Waals surface area contributed by atoms with Crippen LogP contribution < -0.4 is 10.1 Å². The topological polar surface area (TPSA) is 105 Å². The average molecular weight is 521 g/mol. The van der Waals surface area contributed by atoms with Crippen molar-refractivity contribution in [1.82, 2.24) is 10.2 Å². The van der Waals surface area contributed by atoms with Crippen molar-refractivity contribution in [2.75, 3.05) is 11.6 Å². The molecule has 2 N–H and O–H groups in total. The van der Waals surface area contributed by atoms with Gasteiger partial charge in [-0.25, -0.2) is 17.8 Å². The Morgan fingerprint density at radius 2 is 1.79 bits per heavy atom. The number of amides is 1. The number of nitrogens with one attached hydrogen (secondary N) is 2. The monoisotopic (exact) mass is 520 g/mol. The molecule has 0 spiro atoms. The number of aromatic nitrogens is 2. The van der Waals surface area contributed by atoms with E-state index in [4.69, 9.17) is 21.1 Å². The van der Waals surface area contributed by atoms with Crippen LogP contribution in [-0.2, 0) is 15.9 Å². The van der Waals surface area contributed by atoms with Gasteiger partial charge in [-0.05, 0) is 36.8 Å². The number of carbonyl (C=O) groups is 1. The third-order valence-electron chi connectivity index (χ3n) is 4.40. The second-order valence-electron chi connectivity index (χ2n) is 6.98. The maximum Gasteiger partial charge on any atom is 0.435 e. The minimum Gasteiger partial charge on any atom is -0.435 e. The molecule has 7 nitrogen and oxygen atoms in total. The molecule has 2 aromatic carbocycles. The van der Waals surface area contributed by atoms with E-state index in [1.807, 2.05) is 0 Å². The second kappa shape index (κ2) is 9.14. The van der Waals surface area contributed by atoms with Crippen LogP contribution in [0.4, 0.5) is 27.6 Å². The van der Waals surface area contributed by atoms with Crippen molar-refractivity contribution in [1.29, 1.82) is 4.78 Å². The lowest BCUT2D eigenvalue weighted by atomic mass is 10.1. The molecule has 1 aromatic heterocycles. The van der Waals surface area contributed by atoms with Crippen molar-refractivity contribution in [2.24, 2.45) is 0 Å². The number of nitrogens with zero attached hydrogens (tertiary/aromatic N) is 2. The van der Waals surface area contributed by atoms with Crippen molar-refractivity contribution in [3.8, 4) is 11.6 Å². The zero-order valence-corrected chi connectivity index (χ0v) is 18.8. The summed E-state index contributed by atoms with van der Waals surface area (Å²) in [6, 6.07) is 6.45. The Labute approximate surface area is 194 Å². The Bertz CT molecular complexity index is 1400. The Hall–Kier alpha value is -3.32. The molecule has 0 saturated carbocycles.